The molecule has 4 N–H and O–H groups in total. The second kappa shape index (κ2) is 4.56. The monoisotopic (exact) mass is 211 g/mol. The molecule has 0 aromatic heterocycles. The van der Waals surface area contributed by atoms with E-state index in [-0.39, 0.29) is 23.4 Å². The average molecular weight is 211 g/mol. The third-order valence-corrected chi connectivity index (χ3v) is 1.80. The summed E-state index contributed by atoms with van der Waals surface area (Å²) in [6.07, 6.45) is 2.60. The van der Waals surface area contributed by atoms with Crippen LogP contribution in [0.2, 0.25) is 0 Å². The Hall–Kier alpha value is -1.88. The molecule has 0 fully saturated rings. The van der Waals surface area contributed by atoms with Crippen molar-refractivity contribution < 1.29 is 19.4 Å². The van der Waals surface area contributed by atoms with Gasteiger partial charge in [-0.25, -0.2) is 9.18 Å². The molecule has 0 aliphatic carbocycles. The van der Waals surface area contributed by atoms with Crippen LogP contribution in [0, 0.1) is 5.82 Å². The Morgan fingerprint density at radius 3 is 2.73 bits per heavy atom. The predicted molar refractivity (Wildman–Crippen MR) is 53.9 cm³/mol. The number of rotatable bonds is 3. The third kappa shape index (κ3) is 2.54. The van der Waals surface area contributed by atoms with Crippen LogP contribution < -0.4 is 5.73 Å². The number of carboxylic acid groups (broad SMARTS) is 1. The van der Waals surface area contributed by atoms with Crippen molar-refractivity contribution in [1.82, 2.24) is 0 Å². The number of aromatic carboxylic acids is 1. The Morgan fingerprint density at radius 1 is 1.53 bits per heavy atom. The molecule has 4 nitrogen and oxygen atoms in total. The Labute approximate surface area is 85.5 Å². The molecule has 0 radical (unpaired) electrons. The van der Waals surface area contributed by atoms with E-state index in [0.29, 0.717) is 0 Å². The van der Waals surface area contributed by atoms with Gasteiger partial charge < -0.3 is 15.9 Å². The molecule has 0 bridgehead atoms. The summed E-state index contributed by atoms with van der Waals surface area (Å²) in [5, 5.41) is 17.2. The number of halogens is 1. The van der Waals surface area contributed by atoms with E-state index in [1.807, 2.05) is 0 Å². The number of benzene rings is 1. The summed E-state index contributed by atoms with van der Waals surface area (Å²) in [5.41, 5.74) is 5.12. The summed E-state index contributed by atoms with van der Waals surface area (Å²) in [4.78, 5) is 10.7. The van der Waals surface area contributed by atoms with E-state index in [4.69, 9.17) is 15.9 Å². The van der Waals surface area contributed by atoms with E-state index in [1.165, 1.54) is 12.2 Å². The molecule has 1 rings (SSSR count). The number of aliphatic hydroxyl groups excluding tert-OH is 1. The molecule has 0 atom stereocenters. The van der Waals surface area contributed by atoms with Crippen molar-refractivity contribution in [2.75, 3.05) is 12.3 Å². The zero-order valence-corrected chi connectivity index (χ0v) is 7.77. The van der Waals surface area contributed by atoms with Crippen LogP contribution in [-0.2, 0) is 0 Å². The number of anilines is 1. The summed E-state index contributed by atoms with van der Waals surface area (Å²) in [7, 11) is 0. The minimum absolute atomic E-state index is 0.0793. The van der Waals surface area contributed by atoms with Gasteiger partial charge >= 0.3 is 5.97 Å². The fourth-order valence-electron chi connectivity index (χ4n) is 1.10. The highest BCUT2D eigenvalue weighted by atomic mass is 19.1. The van der Waals surface area contributed by atoms with Crippen LogP contribution in [0.4, 0.5) is 10.1 Å². The zero-order chi connectivity index (χ0) is 11.4. The first-order valence-corrected chi connectivity index (χ1v) is 4.16. The van der Waals surface area contributed by atoms with Crippen molar-refractivity contribution in [3.8, 4) is 0 Å². The van der Waals surface area contributed by atoms with Crippen LogP contribution in [-0.4, -0.2) is 22.8 Å². The molecule has 15 heavy (non-hydrogen) atoms. The number of nitrogen functional groups attached to an aromatic ring is 1. The second-order valence-corrected chi connectivity index (χ2v) is 2.85. The third-order valence-electron chi connectivity index (χ3n) is 1.80. The Bertz CT molecular complexity index is 415. The molecule has 0 spiro atoms. The minimum Gasteiger partial charge on any atom is -0.478 e. The van der Waals surface area contributed by atoms with E-state index in [0.717, 1.165) is 12.1 Å². The lowest BCUT2D eigenvalue weighted by Crippen LogP contribution is -2.04. The number of carboxylic acids is 1. The summed E-state index contributed by atoms with van der Waals surface area (Å²) >= 11 is 0. The van der Waals surface area contributed by atoms with Crippen LogP contribution in [0.1, 0.15) is 15.9 Å². The van der Waals surface area contributed by atoms with Gasteiger partial charge in [0.05, 0.1) is 12.2 Å². The van der Waals surface area contributed by atoms with Crippen molar-refractivity contribution in [2.24, 2.45) is 0 Å². The van der Waals surface area contributed by atoms with E-state index in [9.17, 15) is 9.18 Å². The Morgan fingerprint density at radius 2 is 2.20 bits per heavy atom. The molecule has 5 heteroatoms. The predicted octanol–water partition coefficient (Wildman–Crippen LogP) is 1.11. The summed E-state index contributed by atoms with van der Waals surface area (Å²) in [6, 6.07) is 2.07. The molecule has 1 aromatic rings. The highest BCUT2D eigenvalue weighted by Gasteiger charge is 2.11. The first-order chi connectivity index (χ1) is 7.06. The number of aliphatic hydroxyl groups is 1. The van der Waals surface area contributed by atoms with Crippen LogP contribution in [0.5, 0.6) is 0 Å². The average Bonchev–Trinajstić information content (AvgIpc) is 2.16. The summed E-state index contributed by atoms with van der Waals surface area (Å²) in [5.74, 6) is -1.84. The number of hydrogen-bond acceptors (Lipinski definition) is 3. The molecule has 0 heterocycles. The standard InChI is InChI=1S/C10H10FNO3/c11-8-5-9(12)7(10(14)15)4-6(8)2-1-3-13/h1-2,4-5,13H,3,12H2,(H,14,15). The normalized spacial score (nSPS) is 10.8. The van der Waals surface area contributed by atoms with Gasteiger partial charge in [0.1, 0.15) is 5.82 Å². The van der Waals surface area contributed by atoms with Gasteiger partial charge in [0.15, 0.2) is 0 Å². The number of nitrogens with two attached hydrogens (primary N) is 1. The van der Waals surface area contributed by atoms with E-state index in [2.05, 4.69) is 0 Å². The molecule has 0 amide bonds. The Kier molecular flexibility index (Phi) is 3.41. The maximum absolute atomic E-state index is 13.2. The molecule has 80 valence electrons. The van der Waals surface area contributed by atoms with Crippen molar-refractivity contribution in [2.45, 2.75) is 0 Å². The van der Waals surface area contributed by atoms with E-state index >= 15 is 0 Å². The van der Waals surface area contributed by atoms with Gasteiger partial charge in [-0.15, -0.1) is 0 Å². The van der Waals surface area contributed by atoms with E-state index in [1.54, 1.807) is 0 Å². The fraction of sp³-hybridized carbons (Fsp3) is 0.100. The lowest BCUT2D eigenvalue weighted by Gasteiger charge is -2.03. The number of carbonyl (C=O) groups is 1. The first kappa shape index (κ1) is 11.2. The van der Waals surface area contributed by atoms with Gasteiger partial charge in [0.2, 0.25) is 0 Å². The minimum atomic E-state index is -1.22. The van der Waals surface area contributed by atoms with Crippen LogP contribution in [0.3, 0.4) is 0 Å². The van der Waals surface area contributed by atoms with Crippen LogP contribution in [0.15, 0.2) is 18.2 Å². The highest BCUT2D eigenvalue weighted by Crippen LogP contribution is 2.19. The molecular formula is C10H10FNO3. The number of hydrogen-bond donors (Lipinski definition) is 3. The molecule has 1 aromatic carbocycles. The van der Waals surface area contributed by atoms with Gasteiger partial charge in [-0.3, -0.25) is 0 Å². The smallest absolute Gasteiger partial charge is 0.337 e. The lowest BCUT2D eigenvalue weighted by atomic mass is 10.1. The molecule has 0 aliphatic rings. The largest absolute Gasteiger partial charge is 0.478 e. The summed E-state index contributed by atoms with van der Waals surface area (Å²) < 4.78 is 13.2. The molecule has 0 unspecified atom stereocenters. The van der Waals surface area contributed by atoms with Gasteiger partial charge in [0.25, 0.3) is 0 Å². The topological polar surface area (TPSA) is 83.5 Å². The highest BCUT2D eigenvalue weighted by molar-refractivity contribution is 5.94. The van der Waals surface area contributed by atoms with Crippen LogP contribution in [0.25, 0.3) is 6.08 Å². The Balaban J connectivity index is 3.23. The fourth-order valence-corrected chi connectivity index (χ4v) is 1.10. The lowest BCUT2D eigenvalue weighted by molar-refractivity contribution is 0.0698. The molecule has 0 saturated carbocycles. The van der Waals surface area contributed by atoms with Crippen molar-refractivity contribution in [3.63, 3.8) is 0 Å². The van der Waals surface area contributed by atoms with Gasteiger partial charge in [-0.05, 0) is 12.1 Å². The maximum Gasteiger partial charge on any atom is 0.337 e. The second-order valence-electron chi connectivity index (χ2n) is 2.85. The van der Waals surface area contributed by atoms with Gasteiger partial charge in [0, 0.05) is 11.3 Å². The van der Waals surface area contributed by atoms with Gasteiger partial charge in [-0.1, -0.05) is 12.2 Å². The maximum atomic E-state index is 13.2. The van der Waals surface area contributed by atoms with Crippen molar-refractivity contribution >= 4 is 17.7 Å². The summed E-state index contributed by atoms with van der Waals surface area (Å²) in [6.45, 7) is -0.244. The van der Waals surface area contributed by atoms with Gasteiger partial charge in [-0.2, -0.15) is 0 Å². The van der Waals surface area contributed by atoms with Crippen molar-refractivity contribution in [1.29, 1.82) is 0 Å². The first-order valence-electron chi connectivity index (χ1n) is 4.16. The molecular weight excluding hydrogens is 201 g/mol. The zero-order valence-electron chi connectivity index (χ0n) is 7.77. The quantitative estimate of drug-likeness (QED) is 0.654. The molecule has 0 saturated heterocycles. The van der Waals surface area contributed by atoms with Crippen LogP contribution >= 0.6 is 0 Å². The SMILES string of the molecule is Nc1cc(F)c(C=CCO)cc1C(=O)O. The van der Waals surface area contributed by atoms with E-state index < -0.39 is 11.8 Å². The van der Waals surface area contributed by atoms with Crippen molar-refractivity contribution in [3.05, 3.63) is 35.2 Å². The molecule has 0 aliphatic heterocycles.